The number of hydrogen-bond acceptors (Lipinski definition) is 28. The van der Waals surface area contributed by atoms with Crippen molar-refractivity contribution in [1.29, 1.82) is 0 Å². The number of nitrogens with one attached hydrogen (secondary N) is 10. The van der Waals surface area contributed by atoms with E-state index in [4.69, 9.17) is 44.6 Å². The zero-order chi connectivity index (χ0) is 97.3. The summed E-state index contributed by atoms with van der Waals surface area (Å²) in [6.07, 6.45) is -15.1. The summed E-state index contributed by atoms with van der Waals surface area (Å²) in [6, 6.07) is 9.89. The molecule has 2 heterocycles. The van der Waals surface area contributed by atoms with E-state index in [1.165, 1.54) is 102 Å². The van der Waals surface area contributed by atoms with Crippen molar-refractivity contribution >= 4 is 113 Å². The minimum atomic E-state index is -2.58. The van der Waals surface area contributed by atoms with Gasteiger partial charge in [0, 0.05) is 57.2 Å². The lowest BCUT2D eigenvalue weighted by atomic mass is 9.44. The van der Waals surface area contributed by atoms with Crippen LogP contribution in [0.15, 0.2) is 96.1 Å². The van der Waals surface area contributed by atoms with E-state index in [2.05, 4.69) is 53.2 Å². The van der Waals surface area contributed by atoms with Gasteiger partial charge in [-0.3, -0.25) is 67.1 Å². The molecule has 41 heteroatoms. The van der Waals surface area contributed by atoms with Gasteiger partial charge in [-0.2, -0.15) is 0 Å². The fraction of sp³-hybridized carbons (Fsp3) is 0.578. The number of anilines is 1. The number of aliphatic hydroxyl groups excluding tert-OH is 2. The lowest BCUT2D eigenvalue weighted by Gasteiger charge is -2.67. The van der Waals surface area contributed by atoms with Crippen molar-refractivity contribution in [2.45, 2.75) is 276 Å². The maximum absolute atomic E-state index is 15.5. The zero-order valence-corrected chi connectivity index (χ0v) is 76.2. The van der Waals surface area contributed by atoms with Crippen LogP contribution in [0.4, 0.5) is 15.3 Å². The quantitative estimate of drug-likeness (QED) is 0.0218. The standard InChI is InChI=1S/C90H123N13O28/c1-16-46(4)68(101-76(114)49(7)95-77(115)57(34-36-64(92)108)99-80(118)59-28-23-37-103(59)66(110)42-93-50(8)104)81(119)96-48(6)75(113)94-41-65(109)98-56(33-35-63(91)107)78(116)100-58(38-45(2)3)79(117)97-55-31-29-52(30-32-55)43-125-85(123)128-71(69(53-24-19-17-20-25-53)102-84(122)131-86(10,11)12)83(121)127-60-40-90(124)74(129-82(120)54-26-21-18-22-27-54)72-88(15,73(112)70(111)67(47(60)5)87(90,13)14)61(106)39-62-89(72,44-126-62)130-51(9)105/h17-22,24-27,29-32,45-46,48-49,56-62,68-72,74,106,111,124H,16,23,28,33-44H2,1-15H3,(H2,91,107)(H2,92,108)(H,93,104)(H,94,113)(H,95,115)(H,96,119)(H,97,117)(H,98,109)(H,99,118)(H,100,116)(H,101,114)(H,102,122)/t46-,48-,49-,56-,57-,58-,59-,60-,61-,62+,68-,69-,70+,71+,72-,74-,88+,89-,90+/m0/s1. The number of benzene rings is 3. The second-order valence-electron chi connectivity index (χ2n) is 36.0. The molecule has 17 N–H and O–H groups in total. The highest BCUT2D eigenvalue weighted by Gasteiger charge is 2.78. The third-order valence-corrected chi connectivity index (χ3v) is 24.4. The molecular weight excluding hydrogens is 1710 g/mol. The van der Waals surface area contributed by atoms with E-state index < -0.39 is 264 Å². The van der Waals surface area contributed by atoms with Crippen molar-refractivity contribution in [1.82, 2.24) is 52.8 Å². The Kier molecular flexibility index (Phi) is 35.2. The highest BCUT2D eigenvalue weighted by atomic mass is 16.7. The van der Waals surface area contributed by atoms with E-state index in [1.807, 2.05) is 0 Å². The molecule has 4 fully saturated rings. The molecule has 3 aliphatic carbocycles. The summed E-state index contributed by atoms with van der Waals surface area (Å²) in [4.78, 5) is 247. The molecule has 5 aliphatic rings. The van der Waals surface area contributed by atoms with E-state index in [9.17, 15) is 92.0 Å². The summed E-state index contributed by atoms with van der Waals surface area (Å²) in [6.45, 7) is 20.1. The molecule has 2 aliphatic heterocycles. The number of nitrogens with two attached hydrogens (primary N) is 2. The van der Waals surface area contributed by atoms with E-state index in [-0.39, 0.29) is 91.1 Å². The molecule has 0 spiro atoms. The topological polar surface area (TPSA) is 608 Å². The molecule has 41 nitrogen and oxygen atoms in total. The molecule has 131 heavy (non-hydrogen) atoms. The highest BCUT2D eigenvalue weighted by molar-refractivity contribution is 6.01. The zero-order valence-electron chi connectivity index (χ0n) is 76.2. The summed E-state index contributed by atoms with van der Waals surface area (Å²) in [5.74, 6) is -16.5. The van der Waals surface area contributed by atoms with E-state index in [0.717, 1.165) is 6.92 Å². The van der Waals surface area contributed by atoms with Crippen molar-refractivity contribution in [3.05, 3.63) is 113 Å². The van der Waals surface area contributed by atoms with Gasteiger partial charge in [0.05, 0.1) is 42.7 Å². The fourth-order valence-corrected chi connectivity index (χ4v) is 17.1. The number of rotatable bonds is 39. The van der Waals surface area contributed by atoms with E-state index >= 15 is 9.59 Å². The van der Waals surface area contributed by atoms with Gasteiger partial charge in [0.1, 0.15) is 90.6 Å². The minimum Gasteiger partial charge on any atom is -0.455 e. The molecule has 2 saturated heterocycles. The number of alkyl carbamates (subject to hydrolysis) is 1. The maximum atomic E-state index is 15.5. The van der Waals surface area contributed by atoms with Gasteiger partial charge in [0.15, 0.2) is 11.4 Å². The number of amides is 13. The number of hydrogen-bond donors (Lipinski definition) is 15. The van der Waals surface area contributed by atoms with Crippen LogP contribution in [0.5, 0.6) is 0 Å². The molecule has 0 unspecified atom stereocenters. The second kappa shape index (κ2) is 44.4. The van der Waals surface area contributed by atoms with Gasteiger partial charge in [-0.05, 0) is 139 Å². The highest BCUT2D eigenvalue weighted by Crippen LogP contribution is 2.64. The molecule has 2 saturated carbocycles. The first-order valence-electron chi connectivity index (χ1n) is 43.5. The molecule has 2 bridgehead atoms. The van der Waals surface area contributed by atoms with Crippen molar-refractivity contribution < 1.29 is 135 Å². The molecule has 3 aromatic rings. The Labute approximate surface area is 757 Å². The Morgan fingerprint density at radius 1 is 0.679 bits per heavy atom. The predicted octanol–water partition coefficient (Wildman–Crippen LogP) is 1.37. The first kappa shape index (κ1) is 104. The van der Waals surface area contributed by atoms with Gasteiger partial charge in [-0.15, -0.1) is 0 Å². The first-order chi connectivity index (χ1) is 61.4. The molecule has 0 aromatic heterocycles. The number of primary amides is 2. The molecule has 0 radical (unpaired) electrons. The van der Waals surface area contributed by atoms with Gasteiger partial charge in [-0.1, -0.05) is 109 Å². The smallest absolute Gasteiger partial charge is 0.455 e. The summed E-state index contributed by atoms with van der Waals surface area (Å²) < 4.78 is 42.0. The number of ketones is 1. The number of likely N-dealkylation sites (tertiary alicyclic amines) is 1. The van der Waals surface area contributed by atoms with Crippen LogP contribution in [0.25, 0.3) is 0 Å². The Morgan fingerprint density at radius 2 is 1.27 bits per heavy atom. The van der Waals surface area contributed by atoms with Crippen LogP contribution in [-0.4, -0.2) is 249 Å². The predicted molar refractivity (Wildman–Crippen MR) is 463 cm³/mol. The first-order valence-corrected chi connectivity index (χ1v) is 43.5. The lowest BCUT2D eigenvalue weighted by Crippen LogP contribution is -2.81. The lowest BCUT2D eigenvalue weighted by molar-refractivity contribution is -0.346. The Bertz CT molecular complexity index is 4790. The molecule has 716 valence electrons. The van der Waals surface area contributed by atoms with Crippen LogP contribution >= 0.6 is 0 Å². The van der Waals surface area contributed by atoms with Crippen LogP contribution in [0.1, 0.15) is 196 Å². The summed E-state index contributed by atoms with van der Waals surface area (Å²) in [7, 11) is 0. The van der Waals surface area contributed by atoms with Gasteiger partial charge >= 0.3 is 30.2 Å². The fourth-order valence-electron chi connectivity index (χ4n) is 17.1. The van der Waals surface area contributed by atoms with Crippen LogP contribution in [0.2, 0.25) is 0 Å². The van der Waals surface area contributed by atoms with Crippen LogP contribution < -0.4 is 64.6 Å². The molecule has 8 rings (SSSR count). The third-order valence-electron chi connectivity index (χ3n) is 24.4. The van der Waals surface area contributed by atoms with E-state index in [1.54, 1.807) is 84.9 Å². The molecule has 3 aromatic carbocycles. The SMILES string of the molecule is CC[C@H](C)[C@H](NC(=O)[C@H](C)NC(=O)[C@H](CCC(N)=O)NC(=O)[C@@H]1CCCN1C(=O)CNC(C)=O)C(=O)N[C@@H](C)C(=O)NCC(=O)N[C@@H](CCC(N)=O)C(=O)N[C@@H](CC(C)C)C(=O)Nc1ccc(COC(=O)O[C@@H](C(=O)O[C@H]2C[C@@]3(O)[C@@H](OC(=O)c4ccccc4)[C@@H]4[C@]5(OC(C)=O)CO[C@@H]5C[C@H](O)[C@@]4(C)C(=O)[C@H](O)C(=C2C)C3(C)C)[C@@H](NC(=O)OC(C)(C)C)c2ccccc2)cc1. The Morgan fingerprint density at radius 3 is 1.85 bits per heavy atom. The van der Waals surface area contributed by atoms with Gasteiger partial charge in [0.25, 0.3) is 0 Å². The van der Waals surface area contributed by atoms with Gasteiger partial charge < -0.3 is 118 Å². The minimum absolute atomic E-state index is 0.00367. The Balaban J connectivity index is 0.928. The molecule has 19 atom stereocenters. The summed E-state index contributed by atoms with van der Waals surface area (Å²) >= 11 is 0. The van der Waals surface area contributed by atoms with Crippen molar-refractivity contribution in [3.63, 3.8) is 0 Å². The summed E-state index contributed by atoms with van der Waals surface area (Å²) in [5.41, 5.74) is 1.53. The number of carbonyl (C=O) groups excluding carboxylic acids is 18. The van der Waals surface area contributed by atoms with Gasteiger partial charge in [0.2, 0.25) is 77.0 Å². The van der Waals surface area contributed by atoms with Crippen LogP contribution in [0, 0.1) is 28.6 Å². The molecular formula is C90H123N13O28. The number of fused-ring (bicyclic) bond motifs is 5. The van der Waals surface area contributed by atoms with E-state index in [0.29, 0.717) is 12.8 Å². The number of carbonyl (C=O) groups is 18. The van der Waals surface area contributed by atoms with Crippen LogP contribution in [0.3, 0.4) is 0 Å². The largest absolute Gasteiger partial charge is 0.509 e. The number of aliphatic hydroxyl groups is 3. The monoisotopic (exact) mass is 1830 g/mol. The second-order valence-corrected chi connectivity index (χ2v) is 36.0. The number of ether oxygens (including phenoxy) is 7. The average Bonchev–Trinajstić information content (AvgIpc) is 1.11. The van der Waals surface area contributed by atoms with Gasteiger partial charge in [-0.25, -0.2) is 19.2 Å². The third kappa shape index (κ3) is 25.8. The normalized spacial score (nSPS) is 23.8. The van der Waals surface area contributed by atoms with Crippen molar-refractivity contribution in [2.75, 3.05) is 31.6 Å². The van der Waals surface area contributed by atoms with Crippen molar-refractivity contribution in [2.24, 2.45) is 40.1 Å². The molecule has 13 amide bonds. The number of nitrogens with zero attached hydrogens (tertiary/aromatic N) is 1. The van der Waals surface area contributed by atoms with Crippen LogP contribution in [-0.2, 0) is 112 Å². The summed E-state index contributed by atoms with van der Waals surface area (Å²) in [5, 5.41) is 64.0. The van der Waals surface area contributed by atoms with Crippen molar-refractivity contribution in [3.8, 4) is 0 Å². The average molecular weight is 1840 g/mol. The number of esters is 3. The Hall–Kier alpha value is -12.5. The number of Topliss-reactive ketones (excluding diaryl/α,β-unsaturated/α-hetero) is 1. The maximum Gasteiger partial charge on any atom is 0.509 e.